The Balaban J connectivity index is 1.60. The maximum atomic E-state index is 10.7. The molecule has 130 valence electrons. The van der Waals surface area contributed by atoms with Crippen molar-refractivity contribution < 1.29 is 9.84 Å². The largest absolute Gasteiger partial charge is 0.393 e. The van der Waals surface area contributed by atoms with Gasteiger partial charge in [0.05, 0.1) is 12.2 Å². The van der Waals surface area contributed by atoms with Crippen LogP contribution >= 0.6 is 0 Å². The molecule has 0 aromatic rings. The molecule has 4 rings (SSSR count). The lowest BCUT2D eigenvalue weighted by Crippen LogP contribution is -2.56. The Labute approximate surface area is 141 Å². The average Bonchev–Trinajstić information content (AvgIpc) is 3.09. The van der Waals surface area contributed by atoms with Crippen LogP contribution in [0, 0.1) is 23.7 Å². The van der Waals surface area contributed by atoms with Crippen molar-refractivity contribution in [1.29, 1.82) is 0 Å². The van der Waals surface area contributed by atoms with E-state index in [0.29, 0.717) is 35.8 Å². The van der Waals surface area contributed by atoms with Gasteiger partial charge in [-0.25, -0.2) is 0 Å². The van der Waals surface area contributed by atoms with Gasteiger partial charge in [0.15, 0.2) is 0 Å². The minimum atomic E-state index is -0.163. The van der Waals surface area contributed by atoms with Gasteiger partial charge in [0.2, 0.25) is 0 Å². The van der Waals surface area contributed by atoms with Gasteiger partial charge in [0.1, 0.15) is 5.60 Å². The first-order valence-corrected chi connectivity index (χ1v) is 9.58. The number of aliphatic hydroxyl groups excluding tert-OH is 1. The molecule has 1 saturated carbocycles. The molecule has 3 fully saturated rings. The number of hydrogen-bond acceptors (Lipinski definition) is 3. The van der Waals surface area contributed by atoms with Crippen molar-refractivity contribution in [3.05, 3.63) is 12.2 Å². The second-order valence-electron chi connectivity index (χ2n) is 9.40. The summed E-state index contributed by atoms with van der Waals surface area (Å²) >= 11 is 0. The summed E-state index contributed by atoms with van der Waals surface area (Å²) in [5.74, 6) is 2.23. The zero-order chi connectivity index (χ0) is 16.6. The molecule has 3 heteroatoms. The maximum Gasteiger partial charge on any atom is 0.104 e. The third-order valence-corrected chi connectivity index (χ3v) is 7.73. The maximum absolute atomic E-state index is 10.7. The third-order valence-electron chi connectivity index (χ3n) is 7.73. The quantitative estimate of drug-likeness (QED) is 0.793. The fourth-order valence-corrected chi connectivity index (χ4v) is 6.47. The monoisotopic (exact) mass is 319 g/mol. The lowest BCUT2D eigenvalue weighted by molar-refractivity contribution is -0.0616. The smallest absolute Gasteiger partial charge is 0.104 e. The fourth-order valence-electron chi connectivity index (χ4n) is 6.47. The summed E-state index contributed by atoms with van der Waals surface area (Å²) < 4.78 is 6.41. The first kappa shape index (κ1) is 16.1. The van der Waals surface area contributed by atoms with E-state index in [9.17, 15) is 5.11 Å². The SMILES string of the molecule is C[C@@H]1CC[C@@H](C(C)(C)N2C[C@@]34C=C[C@@H](O3)[C@H](C)[C@H]4[C@@H]2C)[C@H](O)C1. The topological polar surface area (TPSA) is 32.7 Å². The van der Waals surface area contributed by atoms with Crippen molar-refractivity contribution in [2.24, 2.45) is 23.7 Å². The van der Waals surface area contributed by atoms with Gasteiger partial charge < -0.3 is 9.84 Å². The number of ether oxygens (including phenoxy) is 1. The zero-order valence-electron chi connectivity index (χ0n) is 15.3. The van der Waals surface area contributed by atoms with E-state index in [1.54, 1.807) is 0 Å². The Bertz CT molecular complexity index is 516. The molecule has 1 aliphatic carbocycles. The highest BCUT2D eigenvalue weighted by molar-refractivity contribution is 5.28. The van der Waals surface area contributed by atoms with Crippen LogP contribution in [0.1, 0.15) is 53.9 Å². The van der Waals surface area contributed by atoms with Gasteiger partial charge in [0, 0.05) is 30.0 Å². The van der Waals surface area contributed by atoms with Crippen molar-refractivity contribution in [2.45, 2.75) is 83.3 Å². The molecule has 0 unspecified atom stereocenters. The summed E-state index contributed by atoms with van der Waals surface area (Å²) in [5.41, 5.74) is -0.0409. The van der Waals surface area contributed by atoms with E-state index in [-0.39, 0.29) is 17.2 Å². The van der Waals surface area contributed by atoms with E-state index in [1.165, 1.54) is 6.42 Å². The molecule has 8 atom stereocenters. The molecule has 4 aliphatic rings. The average molecular weight is 319 g/mol. The second-order valence-corrected chi connectivity index (χ2v) is 9.40. The Morgan fingerprint density at radius 2 is 1.96 bits per heavy atom. The van der Waals surface area contributed by atoms with E-state index >= 15 is 0 Å². The normalized spacial score (nSPS) is 53.0. The van der Waals surface area contributed by atoms with Crippen LogP contribution in [0.25, 0.3) is 0 Å². The van der Waals surface area contributed by atoms with Crippen molar-refractivity contribution in [3.8, 4) is 0 Å². The number of rotatable bonds is 2. The highest BCUT2D eigenvalue weighted by Crippen LogP contribution is 2.56. The van der Waals surface area contributed by atoms with E-state index in [0.717, 1.165) is 19.4 Å². The minimum absolute atomic E-state index is 0.0209. The van der Waals surface area contributed by atoms with Crippen LogP contribution in [0.4, 0.5) is 0 Å². The van der Waals surface area contributed by atoms with Gasteiger partial charge in [-0.1, -0.05) is 32.4 Å². The molecule has 3 nitrogen and oxygen atoms in total. The van der Waals surface area contributed by atoms with Crippen LogP contribution in [-0.4, -0.2) is 45.9 Å². The molecule has 1 spiro atoms. The van der Waals surface area contributed by atoms with Crippen LogP contribution < -0.4 is 0 Å². The molecule has 0 radical (unpaired) electrons. The van der Waals surface area contributed by atoms with Crippen molar-refractivity contribution in [2.75, 3.05) is 6.54 Å². The summed E-state index contributed by atoms with van der Waals surface area (Å²) in [7, 11) is 0. The Morgan fingerprint density at radius 1 is 1.22 bits per heavy atom. The number of nitrogens with zero attached hydrogens (tertiary/aromatic N) is 1. The minimum Gasteiger partial charge on any atom is -0.393 e. The molecule has 1 N–H and O–H groups in total. The van der Waals surface area contributed by atoms with Crippen LogP contribution in [0.3, 0.4) is 0 Å². The highest BCUT2D eigenvalue weighted by atomic mass is 16.5. The predicted molar refractivity (Wildman–Crippen MR) is 92.2 cm³/mol. The summed E-state index contributed by atoms with van der Waals surface area (Å²) in [5, 5.41) is 10.7. The summed E-state index contributed by atoms with van der Waals surface area (Å²) in [6.45, 7) is 12.7. The number of hydrogen-bond donors (Lipinski definition) is 1. The van der Waals surface area contributed by atoms with Crippen LogP contribution in [0.15, 0.2) is 12.2 Å². The lowest BCUT2D eigenvalue weighted by Gasteiger charge is -2.49. The van der Waals surface area contributed by atoms with Crippen molar-refractivity contribution >= 4 is 0 Å². The van der Waals surface area contributed by atoms with Crippen LogP contribution in [-0.2, 0) is 4.74 Å². The van der Waals surface area contributed by atoms with Gasteiger partial charge in [-0.2, -0.15) is 0 Å². The van der Waals surface area contributed by atoms with Gasteiger partial charge in [-0.3, -0.25) is 4.90 Å². The van der Waals surface area contributed by atoms with Gasteiger partial charge in [0.25, 0.3) is 0 Å². The first-order valence-electron chi connectivity index (χ1n) is 9.58. The molecule has 0 amide bonds. The first-order chi connectivity index (χ1) is 10.8. The molecule has 3 aliphatic heterocycles. The summed E-state index contributed by atoms with van der Waals surface area (Å²) in [6.07, 6.45) is 8.13. The zero-order valence-corrected chi connectivity index (χ0v) is 15.3. The second kappa shape index (κ2) is 5.06. The van der Waals surface area contributed by atoms with E-state index < -0.39 is 0 Å². The van der Waals surface area contributed by atoms with Crippen molar-refractivity contribution in [3.63, 3.8) is 0 Å². The lowest BCUT2D eigenvalue weighted by atomic mass is 9.70. The predicted octanol–water partition coefficient (Wildman–Crippen LogP) is 3.23. The Kier molecular flexibility index (Phi) is 3.54. The van der Waals surface area contributed by atoms with Gasteiger partial charge >= 0.3 is 0 Å². The fraction of sp³-hybridized carbons (Fsp3) is 0.900. The van der Waals surface area contributed by atoms with E-state index in [1.807, 2.05) is 0 Å². The molecular weight excluding hydrogens is 286 g/mol. The Morgan fingerprint density at radius 3 is 2.61 bits per heavy atom. The van der Waals surface area contributed by atoms with E-state index in [2.05, 4.69) is 51.7 Å². The van der Waals surface area contributed by atoms with Crippen LogP contribution in [0.5, 0.6) is 0 Å². The van der Waals surface area contributed by atoms with Gasteiger partial charge in [-0.05, 0) is 45.4 Å². The molecule has 0 aromatic carbocycles. The number of fused-ring (bicyclic) bond motifs is 1. The summed E-state index contributed by atoms with van der Waals surface area (Å²) in [4.78, 5) is 2.66. The molecular formula is C20H33NO2. The van der Waals surface area contributed by atoms with Gasteiger partial charge in [-0.15, -0.1) is 0 Å². The van der Waals surface area contributed by atoms with E-state index in [4.69, 9.17) is 4.74 Å². The van der Waals surface area contributed by atoms with Crippen molar-refractivity contribution in [1.82, 2.24) is 4.90 Å². The molecule has 3 heterocycles. The molecule has 23 heavy (non-hydrogen) atoms. The third kappa shape index (κ3) is 2.12. The number of aliphatic hydroxyl groups is 1. The highest BCUT2D eigenvalue weighted by Gasteiger charge is 2.64. The van der Waals surface area contributed by atoms with Crippen LogP contribution in [0.2, 0.25) is 0 Å². The molecule has 2 saturated heterocycles. The number of likely N-dealkylation sites (tertiary alicyclic amines) is 1. The Hall–Kier alpha value is -0.380. The molecule has 0 aromatic heterocycles. The standard InChI is InChI=1S/C20H33NO2/c1-12-6-7-15(16(22)10-12)19(4,5)21-11-20-9-8-17(23-20)13(2)18(20)14(21)3/h8-9,12-18,22H,6-7,10-11H2,1-5H3/t12-,13+,14+,15-,16-,17-,18+,20-/m1/s1. The molecule has 2 bridgehead atoms. The summed E-state index contributed by atoms with van der Waals surface area (Å²) in [6, 6.07) is 0.515.